The molecule has 1 aromatic carbocycles. The molecule has 0 saturated heterocycles. The third-order valence-corrected chi connectivity index (χ3v) is 3.75. The van der Waals surface area contributed by atoms with E-state index in [1.54, 1.807) is 18.3 Å². The highest BCUT2D eigenvalue weighted by atomic mass is 32.2. The molecule has 18 heavy (non-hydrogen) atoms. The lowest BCUT2D eigenvalue weighted by Gasteiger charge is -2.05. The predicted molar refractivity (Wildman–Crippen MR) is 73.3 cm³/mol. The molecule has 1 unspecified atom stereocenters. The number of nitrogens with zero attached hydrogens (tertiary/aromatic N) is 1. The first-order chi connectivity index (χ1) is 8.40. The number of thioether (sulfide) groups is 1. The zero-order valence-corrected chi connectivity index (χ0v) is 11.7. The van der Waals surface area contributed by atoms with E-state index < -0.39 is 5.51 Å². The normalized spacial score (nSPS) is 14.1. The molecule has 1 atom stereocenters. The van der Waals surface area contributed by atoms with E-state index in [4.69, 9.17) is 0 Å². The van der Waals surface area contributed by atoms with Crippen LogP contribution in [0.5, 0.6) is 0 Å². The van der Waals surface area contributed by atoms with Gasteiger partial charge < -0.3 is 0 Å². The van der Waals surface area contributed by atoms with E-state index in [-0.39, 0.29) is 16.7 Å². The largest absolute Gasteiger partial charge is 0.446 e. The first kappa shape index (κ1) is 15.4. The Bertz CT molecular complexity index is 405. The molecule has 0 spiro atoms. The number of benzene rings is 1. The van der Waals surface area contributed by atoms with Gasteiger partial charge in [-0.3, -0.25) is 0 Å². The number of halogens is 3. The van der Waals surface area contributed by atoms with E-state index in [1.165, 1.54) is 24.1 Å². The Morgan fingerprint density at radius 3 is 2.72 bits per heavy atom. The van der Waals surface area contributed by atoms with Gasteiger partial charge in [-0.15, -0.1) is 0 Å². The van der Waals surface area contributed by atoms with Crippen molar-refractivity contribution in [3.8, 4) is 0 Å². The highest BCUT2D eigenvalue weighted by molar-refractivity contribution is 8.00. The fraction of sp³-hybridized carbons (Fsp3) is 0.417. The van der Waals surface area contributed by atoms with Crippen molar-refractivity contribution in [3.05, 3.63) is 29.8 Å². The van der Waals surface area contributed by atoms with E-state index in [0.29, 0.717) is 10.8 Å². The van der Waals surface area contributed by atoms with Crippen LogP contribution in [0.3, 0.4) is 0 Å². The molecule has 0 aliphatic rings. The number of hydrogen-bond donors (Lipinski definition) is 0. The lowest BCUT2D eigenvalue weighted by molar-refractivity contribution is -0.0328. The van der Waals surface area contributed by atoms with Gasteiger partial charge in [-0.25, -0.2) is 4.40 Å². The van der Waals surface area contributed by atoms with Gasteiger partial charge in [0, 0.05) is 16.4 Å². The van der Waals surface area contributed by atoms with Crippen molar-refractivity contribution in [2.75, 3.05) is 0 Å². The number of alkyl halides is 3. The standard InChI is InChI=1S/C12H14F3NS2/c1-3-9(2)18-16-8-10-5-4-6-11(7-10)17-12(13,14)15/h4-9H,3H2,1-2H3. The second-order valence-electron chi connectivity index (χ2n) is 3.68. The van der Waals surface area contributed by atoms with Gasteiger partial charge in [0.05, 0.1) is 0 Å². The topological polar surface area (TPSA) is 12.4 Å². The van der Waals surface area contributed by atoms with Crippen LogP contribution in [0.4, 0.5) is 13.2 Å². The molecule has 1 aromatic rings. The van der Waals surface area contributed by atoms with Crippen molar-refractivity contribution < 1.29 is 13.2 Å². The van der Waals surface area contributed by atoms with E-state index in [9.17, 15) is 13.2 Å². The van der Waals surface area contributed by atoms with Crippen LogP contribution in [-0.2, 0) is 0 Å². The summed E-state index contributed by atoms with van der Waals surface area (Å²) in [6, 6.07) is 6.26. The highest BCUT2D eigenvalue weighted by Gasteiger charge is 2.29. The van der Waals surface area contributed by atoms with E-state index in [1.807, 2.05) is 0 Å². The summed E-state index contributed by atoms with van der Waals surface area (Å²) in [5.41, 5.74) is -3.57. The summed E-state index contributed by atoms with van der Waals surface area (Å²) in [6.45, 7) is 4.12. The molecule has 0 aliphatic carbocycles. The van der Waals surface area contributed by atoms with Gasteiger partial charge in [0.2, 0.25) is 0 Å². The summed E-state index contributed by atoms with van der Waals surface area (Å²) >= 11 is 1.32. The highest BCUT2D eigenvalue weighted by Crippen LogP contribution is 2.36. The Labute approximate surface area is 113 Å². The lowest BCUT2D eigenvalue weighted by Crippen LogP contribution is -1.99. The summed E-state index contributed by atoms with van der Waals surface area (Å²) in [7, 11) is 0. The smallest absolute Gasteiger partial charge is 0.224 e. The van der Waals surface area contributed by atoms with Crippen LogP contribution in [-0.4, -0.2) is 17.0 Å². The molecule has 0 amide bonds. The average molecular weight is 293 g/mol. The van der Waals surface area contributed by atoms with Crippen molar-refractivity contribution in [1.82, 2.24) is 0 Å². The second-order valence-corrected chi connectivity index (χ2v) is 6.04. The molecule has 0 radical (unpaired) electrons. The fourth-order valence-electron chi connectivity index (χ4n) is 1.06. The predicted octanol–water partition coefficient (Wildman–Crippen LogP) is 5.16. The van der Waals surface area contributed by atoms with Gasteiger partial charge in [0.15, 0.2) is 0 Å². The van der Waals surface area contributed by atoms with Crippen LogP contribution < -0.4 is 0 Å². The molecule has 100 valence electrons. The van der Waals surface area contributed by atoms with Crippen molar-refractivity contribution >= 4 is 29.9 Å². The van der Waals surface area contributed by atoms with Gasteiger partial charge in [0.1, 0.15) is 0 Å². The molecular weight excluding hydrogens is 279 g/mol. The Morgan fingerprint density at radius 1 is 1.39 bits per heavy atom. The van der Waals surface area contributed by atoms with Crippen LogP contribution in [0.15, 0.2) is 33.6 Å². The monoisotopic (exact) mass is 293 g/mol. The van der Waals surface area contributed by atoms with Crippen LogP contribution in [0, 0.1) is 0 Å². The Hall–Kier alpha value is -0.620. The molecule has 1 nitrogen and oxygen atoms in total. The Balaban J connectivity index is 2.65. The third kappa shape index (κ3) is 6.35. The van der Waals surface area contributed by atoms with Gasteiger partial charge in [-0.1, -0.05) is 26.0 Å². The van der Waals surface area contributed by atoms with Crippen molar-refractivity contribution in [2.24, 2.45) is 4.40 Å². The first-order valence-corrected chi connectivity index (χ1v) is 7.11. The van der Waals surface area contributed by atoms with Gasteiger partial charge in [-0.05, 0) is 47.8 Å². The first-order valence-electron chi connectivity index (χ1n) is 5.45. The molecule has 0 bridgehead atoms. The van der Waals surface area contributed by atoms with Crippen molar-refractivity contribution in [1.29, 1.82) is 0 Å². The SMILES string of the molecule is CCC(C)SN=Cc1cccc(SC(F)(F)F)c1. The fourth-order valence-corrected chi connectivity index (χ4v) is 2.21. The van der Waals surface area contributed by atoms with Crippen molar-refractivity contribution in [3.63, 3.8) is 0 Å². The minimum atomic E-state index is -4.25. The minimum absolute atomic E-state index is 0.109. The summed E-state index contributed by atoms with van der Waals surface area (Å²) in [6.07, 6.45) is 2.60. The Morgan fingerprint density at radius 2 is 2.11 bits per heavy atom. The van der Waals surface area contributed by atoms with E-state index in [0.717, 1.165) is 6.42 Å². The summed E-state index contributed by atoms with van der Waals surface area (Å²) in [5, 5.41) is 0.411. The quantitative estimate of drug-likeness (QED) is 0.422. The molecule has 1 rings (SSSR count). The molecule has 0 heterocycles. The van der Waals surface area contributed by atoms with Crippen molar-refractivity contribution in [2.45, 2.75) is 35.9 Å². The van der Waals surface area contributed by atoms with E-state index in [2.05, 4.69) is 18.2 Å². The summed E-state index contributed by atoms with van der Waals surface area (Å²) in [5.74, 6) is 0. The zero-order valence-electron chi connectivity index (χ0n) is 10.1. The average Bonchev–Trinajstić information content (AvgIpc) is 2.27. The summed E-state index contributed by atoms with van der Waals surface area (Å²) < 4.78 is 40.8. The molecule has 0 aliphatic heterocycles. The Kier molecular flexibility index (Phi) is 6.08. The van der Waals surface area contributed by atoms with Gasteiger partial charge in [-0.2, -0.15) is 13.2 Å². The van der Waals surface area contributed by atoms with Crippen LogP contribution >= 0.6 is 23.7 Å². The minimum Gasteiger partial charge on any atom is -0.224 e. The molecule has 0 fully saturated rings. The lowest BCUT2D eigenvalue weighted by atomic mass is 10.2. The maximum Gasteiger partial charge on any atom is 0.446 e. The second kappa shape index (κ2) is 7.09. The van der Waals surface area contributed by atoms with Crippen LogP contribution in [0.25, 0.3) is 0 Å². The van der Waals surface area contributed by atoms with Gasteiger partial charge in [0.25, 0.3) is 0 Å². The molecule has 6 heteroatoms. The van der Waals surface area contributed by atoms with Crippen LogP contribution in [0.1, 0.15) is 25.8 Å². The number of rotatable bonds is 5. The van der Waals surface area contributed by atoms with E-state index >= 15 is 0 Å². The third-order valence-electron chi connectivity index (χ3n) is 2.11. The molecule has 0 aromatic heterocycles. The maximum absolute atomic E-state index is 12.2. The molecular formula is C12H14F3NS2. The maximum atomic E-state index is 12.2. The number of hydrogen-bond acceptors (Lipinski definition) is 3. The zero-order chi connectivity index (χ0) is 13.6. The molecule has 0 saturated carbocycles. The summed E-state index contributed by atoms with van der Waals surface area (Å²) in [4.78, 5) is 0.181. The molecule has 0 N–H and O–H groups in total. The van der Waals surface area contributed by atoms with Crippen LogP contribution in [0.2, 0.25) is 0 Å². The van der Waals surface area contributed by atoms with Gasteiger partial charge >= 0.3 is 5.51 Å².